The van der Waals surface area contributed by atoms with E-state index in [1.165, 1.54) is 11.1 Å². The lowest BCUT2D eigenvalue weighted by atomic mass is 9.93. The van der Waals surface area contributed by atoms with Crippen LogP contribution in [0.25, 0.3) is 11.1 Å². The Morgan fingerprint density at radius 3 is 2.44 bits per heavy atom. The molecule has 1 aliphatic carbocycles. The van der Waals surface area contributed by atoms with Crippen LogP contribution in [-0.4, -0.2) is 34.7 Å². The number of urea groups is 1. The van der Waals surface area contributed by atoms with E-state index in [-0.39, 0.29) is 18.2 Å². The van der Waals surface area contributed by atoms with Crippen molar-refractivity contribution < 1.29 is 14.4 Å². The van der Waals surface area contributed by atoms with Gasteiger partial charge in [0.2, 0.25) is 0 Å². The average molecular weight is 362 g/mol. The highest BCUT2D eigenvalue weighted by Crippen LogP contribution is 2.37. The van der Waals surface area contributed by atoms with Gasteiger partial charge < -0.3 is 5.32 Å². The van der Waals surface area contributed by atoms with Crippen molar-refractivity contribution in [3.05, 3.63) is 59.2 Å². The Bertz CT molecular complexity index is 960. The Labute approximate surface area is 158 Å². The van der Waals surface area contributed by atoms with Crippen LogP contribution in [0.3, 0.4) is 0 Å². The third kappa shape index (κ3) is 2.65. The van der Waals surface area contributed by atoms with Crippen molar-refractivity contribution >= 4 is 17.7 Å². The summed E-state index contributed by atoms with van der Waals surface area (Å²) in [6.07, 6.45) is 1.88. The predicted octanol–water partition coefficient (Wildman–Crippen LogP) is 3.55. The van der Waals surface area contributed by atoms with Crippen LogP contribution in [0.5, 0.6) is 0 Å². The molecule has 1 fully saturated rings. The van der Waals surface area contributed by atoms with Gasteiger partial charge in [-0.05, 0) is 47.6 Å². The Morgan fingerprint density at radius 1 is 1.04 bits per heavy atom. The van der Waals surface area contributed by atoms with E-state index in [4.69, 9.17) is 0 Å². The number of Topliss-reactive ketones (excluding diaryl/α,β-unsaturated/α-hetero) is 1. The number of nitrogens with zero attached hydrogens (tertiary/aromatic N) is 1. The van der Waals surface area contributed by atoms with Crippen molar-refractivity contribution in [2.75, 3.05) is 6.54 Å². The number of fused-ring (bicyclic) bond motifs is 3. The van der Waals surface area contributed by atoms with E-state index in [1.807, 2.05) is 38.1 Å². The molecule has 0 unspecified atom stereocenters. The lowest BCUT2D eigenvalue weighted by Crippen LogP contribution is -2.46. The van der Waals surface area contributed by atoms with E-state index in [9.17, 15) is 14.4 Å². The Morgan fingerprint density at radius 2 is 1.74 bits per heavy atom. The fourth-order valence-electron chi connectivity index (χ4n) is 4.08. The van der Waals surface area contributed by atoms with Crippen LogP contribution in [0.15, 0.2) is 42.5 Å². The van der Waals surface area contributed by atoms with Gasteiger partial charge in [0.05, 0.1) is 6.54 Å². The first-order valence-electron chi connectivity index (χ1n) is 9.37. The van der Waals surface area contributed by atoms with Crippen molar-refractivity contribution in [1.82, 2.24) is 10.2 Å². The monoisotopic (exact) mass is 362 g/mol. The van der Waals surface area contributed by atoms with E-state index in [0.29, 0.717) is 18.4 Å². The molecule has 138 valence electrons. The minimum Gasteiger partial charge on any atom is -0.323 e. The molecule has 2 aromatic rings. The highest BCUT2D eigenvalue weighted by atomic mass is 16.2. The van der Waals surface area contributed by atoms with Gasteiger partial charge in [0.15, 0.2) is 5.78 Å². The summed E-state index contributed by atoms with van der Waals surface area (Å²) >= 11 is 0. The second-order valence-electron chi connectivity index (χ2n) is 7.24. The summed E-state index contributed by atoms with van der Waals surface area (Å²) in [7, 11) is 0. The molecule has 1 heterocycles. The van der Waals surface area contributed by atoms with Crippen molar-refractivity contribution in [2.45, 2.75) is 38.6 Å². The predicted molar refractivity (Wildman–Crippen MR) is 103 cm³/mol. The first-order chi connectivity index (χ1) is 13.0. The molecule has 0 saturated carbocycles. The van der Waals surface area contributed by atoms with Crippen LogP contribution < -0.4 is 5.32 Å². The number of carbonyl (C=O) groups excluding carboxylic acids is 3. The number of hydrogen-bond donors (Lipinski definition) is 1. The topological polar surface area (TPSA) is 66.5 Å². The zero-order valence-electron chi connectivity index (χ0n) is 15.5. The Kier molecular flexibility index (Phi) is 4.10. The van der Waals surface area contributed by atoms with Crippen LogP contribution in [-0.2, 0) is 11.2 Å². The van der Waals surface area contributed by atoms with Crippen molar-refractivity contribution in [3.63, 3.8) is 0 Å². The summed E-state index contributed by atoms with van der Waals surface area (Å²) < 4.78 is 0. The fourth-order valence-corrected chi connectivity index (χ4v) is 4.08. The first-order valence-corrected chi connectivity index (χ1v) is 9.37. The van der Waals surface area contributed by atoms with Gasteiger partial charge >= 0.3 is 6.03 Å². The molecule has 1 saturated heterocycles. The fraction of sp³-hybridized carbons (Fsp3) is 0.318. The zero-order chi connectivity index (χ0) is 19.2. The molecule has 0 bridgehead atoms. The second-order valence-corrected chi connectivity index (χ2v) is 7.24. The molecule has 0 spiro atoms. The van der Waals surface area contributed by atoms with Crippen molar-refractivity contribution in [3.8, 4) is 11.1 Å². The van der Waals surface area contributed by atoms with E-state index in [2.05, 4.69) is 17.4 Å². The molecular formula is C22H22N2O3. The maximum absolute atomic E-state index is 12.8. The molecule has 5 nitrogen and oxygen atoms in total. The standard InChI is InChI=1S/C22H22N2O3/c1-3-22(4-2)20(26)24(21(27)23-22)13-19(25)16-10-9-15-11-14-7-5-6-8-17(14)18(15)12-16/h5-10,12H,3-4,11,13H2,1-2H3,(H,23,27). The van der Waals surface area contributed by atoms with Gasteiger partial charge in [-0.1, -0.05) is 50.2 Å². The van der Waals surface area contributed by atoms with E-state index < -0.39 is 11.6 Å². The molecule has 4 rings (SSSR count). The first kappa shape index (κ1) is 17.5. The van der Waals surface area contributed by atoms with Crippen LogP contribution in [0.4, 0.5) is 4.79 Å². The summed E-state index contributed by atoms with van der Waals surface area (Å²) in [5.74, 6) is -0.536. The molecule has 0 aromatic heterocycles. The highest BCUT2D eigenvalue weighted by Gasteiger charge is 2.49. The lowest BCUT2D eigenvalue weighted by Gasteiger charge is -2.23. The number of hydrogen-bond acceptors (Lipinski definition) is 3. The van der Waals surface area contributed by atoms with Gasteiger partial charge in [-0.15, -0.1) is 0 Å². The zero-order valence-corrected chi connectivity index (χ0v) is 15.5. The average Bonchev–Trinajstić information content (AvgIpc) is 3.17. The molecular weight excluding hydrogens is 340 g/mol. The molecule has 2 aromatic carbocycles. The maximum Gasteiger partial charge on any atom is 0.325 e. The number of rotatable bonds is 5. The number of ketones is 1. The quantitative estimate of drug-likeness (QED) is 0.557. The molecule has 1 N–H and O–H groups in total. The normalized spacial score (nSPS) is 16.9. The van der Waals surface area contributed by atoms with Crippen molar-refractivity contribution in [1.29, 1.82) is 0 Å². The molecule has 1 aliphatic heterocycles. The second kappa shape index (κ2) is 6.34. The van der Waals surface area contributed by atoms with E-state index in [1.54, 1.807) is 6.07 Å². The number of benzene rings is 2. The van der Waals surface area contributed by atoms with Gasteiger partial charge in [-0.3, -0.25) is 14.5 Å². The smallest absolute Gasteiger partial charge is 0.323 e. The maximum atomic E-state index is 12.8. The molecule has 3 amide bonds. The van der Waals surface area contributed by atoms with Gasteiger partial charge in [0, 0.05) is 5.56 Å². The SMILES string of the molecule is CCC1(CC)NC(=O)N(CC(=O)c2ccc3c(c2)-c2ccccc2C3)C1=O. The minimum atomic E-state index is -0.881. The molecule has 27 heavy (non-hydrogen) atoms. The highest BCUT2D eigenvalue weighted by molar-refractivity contribution is 6.11. The molecule has 0 radical (unpaired) electrons. The molecule has 0 atom stereocenters. The van der Waals surface area contributed by atoms with Gasteiger partial charge in [0.25, 0.3) is 5.91 Å². The third-order valence-electron chi connectivity index (χ3n) is 5.88. The molecule has 5 heteroatoms. The summed E-state index contributed by atoms with van der Waals surface area (Å²) in [6, 6.07) is 13.3. The number of imide groups is 1. The largest absolute Gasteiger partial charge is 0.325 e. The Balaban J connectivity index is 1.59. The number of nitrogens with one attached hydrogen (secondary N) is 1. The molecule has 2 aliphatic rings. The van der Waals surface area contributed by atoms with E-state index in [0.717, 1.165) is 22.4 Å². The van der Waals surface area contributed by atoms with E-state index >= 15 is 0 Å². The van der Waals surface area contributed by atoms with Crippen LogP contribution in [0.1, 0.15) is 48.2 Å². The third-order valence-corrected chi connectivity index (χ3v) is 5.88. The van der Waals surface area contributed by atoms with Gasteiger partial charge in [0.1, 0.15) is 5.54 Å². The van der Waals surface area contributed by atoms with Crippen LogP contribution in [0.2, 0.25) is 0 Å². The minimum absolute atomic E-state index is 0.228. The van der Waals surface area contributed by atoms with Crippen LogP contribution >= 0.6 is 0 Å². The lowest BCUT2D eigenvalue weighted by molar-refractivity contribution is -0.131. The summed E-state index contributed by atoms with van der Waals surface area (Å²) in [5, 5.41) is 2.76. The number of carbonyl (C=O) groups is 3. The van der Waals surface area contributed by atoms with Crippen LogP contribution in [0, 0.1) is 0 Å². The van der Waals surface area contributed by atoms with Crippen molar-refractivity contribution in [2.24, 2.45) is 0 Å². The Hall–Kier alpha value is -2.95. The van der Waals surface area contributed by atoms with Gasteiger partial charge in [-0.2, -0.15) is 0 Å². The number of amides is 3. The summed E-state index contributed by atoms with van der Waals surface area (Å²) in [5.41, 5.74) is 4.30. The summed E-state index contributed by atoms with van der Waals surface area (Å²) in [4.78, 5) is 38.9. The van der Waals surface area contributed by atoms with Gasteiger partial charge in [-0.25, -0.2) is 4.79 Å². The summed E-state index contributed by atoms with van der Waals surface area (Å²) in [6.45, 7) is 3.50.